The zero-order valence-electron chi connectivity index (χ0n) is 15.3. The zero-order chi connectivity index (χ0) is 18.0. The standard InChI is InChI=1S/C17H27BN2O4.ClH/c1-16(2,22)17(3,4)24-18(23)14-7-5-13(6-8-14)15(21)20-11-9-19-10-12-20;/h5-8,19,22-23H,9-12H2,1-4H3;1H. The zero-order valence-corrected chi connectivity index (χ0v) is 16.1. The first kappa shape index (κ1) is 21.9. The van der Waals surface area contributed by atoms with E-state index in [2.05, 4.69) is 5.32 Å². The largest absolute Gasteiger partial charge is 0.491 e. The maximum Gasteiger partial charge on any atom is 0.491 e. The second-order valence-electron chi connectivity index (χ2n) is 7.20. The molecule has 0 unspecified atom stereocenters. The summed E-state index contributed by atoms with van der Waals surface area (Å²) in [6.07, 6.45) is 0. The van der Waals surface area contributed by atoms with Gasteiger partial charge < -0.3 is 25.0 Å². The van der Waals surface area contributed by atoms with E-state index in [-0.39, 0.29) is 18.3 Å². The third kappa shape index (κ3) is 5.43. The van der Waals surface area contributed by atoms with Crippen LogP contribution in [0.25, 0.3) is 0 Å². The van der Waals surface area contributed by atoms with E-state index in [1.807, 2.05) is 4.90 Å². The number of benzene rings is 1. The molecule has 2 rings (SSSR count). The summed E-state index contributed by atoms with van der Waals surface area (Å²) < 4.78 is 5.61. The van der Waals surface area contributed by atoms with Crippen LogP contribution in [-0.2, 0) is 4.65 Å². The summed E-state index contributed by atoms with van der Waals surface area (Å²) in [5, 5.41) is 23.6. The van der Waals surface area contributed by atoms with Crippen LogP contribution in [0.2, 0.25) is 0 Å². The van der Waals surface area contributed by atoms with Crippen molar-refractivity contribution in [2.24, 2.45) is 0 Å². The van der Waals surface area contributed by atoms with Crippen molar-refractivity contribution in [1.82, 2.24) is 10.2 Å². The molecule has 0 bridgehead atoms. The molecule has 1 aromatic rings. The van der Waals surface area contributed by atoms with Crippen LogP contribution in [0.15, 0.2) is 24.3 Å². The number of aliphatic hydroxyl groups is 1. The normalized spacial score (nSPS) is 15.5. The molecule has 25 heavy (non-hydrogen) atoms. The Balaban J connectivity index is 0.00000312. The molecular weight excluding hydrogens is 342 g/mol. The molecule has 1 fully saturated rings. The van der Waals surface area contributed by atoms with Crippen LogP contribution in [0.4, 0.5) is 0 Å². The highest BCUT2D eigenvalue weighted by Crippen LogP contribution is 2.25. The number of rotatable bonds is 5. The van der Waals surface area contributed by atoms with Crippen molar-refractivity contribution in [2.75, 3.05) is 26.2 Å². The summed E-state index contributed by atoms with van der Waals surface area (Å²) in [5.74, 6) is -0.00437. The van der Waals surface area contributed by atoms with Gasteiger partial charge in [0, 0.05) is 31.7 Å². The van der Waals surface area contributed by atoms with Gasteiger partial charge in [0.25, 0.3) is 5.91 Å². The number of hydrogen-bond donors (Lipinski definition) is 3. The van der Waals surface area contributed by atoms with E-state index >= 15 is 0 Å². The molecular formula is C17H28BClN2O4. The number of carbonyl (C=O) groups is 1. The van der Waals surface area contributed by atoms with Gasteiger partial charge in [-0.05, 0) is 45.3 Å². The minimum absolute atomic E-state index is 0. The van der Waals surface area contributed by atoms with Gasteiger partial charge in [-0.2, -0.15) is 0 Å². The van der Waals surface area contributed by atoms with Gasteiger partial charge in [-0.3, -0.25) is 4.79 Å². The van der Waals surface area contributed by atoms with Gasteiger partial charge in [0.05, 0.1) is 11.2 Å². The van der Waals surface area contributed by atoms with Crippen LogP contribution < -0.4 is 10.8 Å². The molecule has 1 heterocycles. The van der Waals surface area contributed by atoms with E-state index < -0.39 is 18.3 Å². The average molecular weight is 371 g/mol. The van der Waals surface area contributed by atoms with Crippen molar-refractivity contribution in [3.63, 3.8) is 0 Å². The highest BCUT2D eigenvalue weighted by atomic mass is 35.5. The van der Waals surface area contributed by atoms with Gasteiger partial charge >= 0.3 is 7.12 Å². The van der Waals surface area contributed by atoms with E-state index in [0.717, 1.165) is 13.1 Å². The van der Waals surface area contributed by atoms with Crippen LogP contribution in [0.1, 0.15) is 38.1 Å². The third-order valence-corrected chi connectivity index (χ3v) is 4.73. The Bertz CT molecular complexity index is 569. The van der Waals surface area contributed by atoms with Crippen molar-refractivity contribution in [1.29, 1.82) is 0 Å². The number of piperazine rings is 1. The Labute approximate surface area is 156 Å². The predicted molar refractivity (Wildman–Crippen MR) is 102 cm³/mol. The van der Waals surface area contributed by atoms with Crippen molar-refractivity contribution in [2.45, 2.75) is 38.9 Å². The van der Waals surface area contributed by atoms with E-state index in [9.17, 15) is 14.9 Å². The molecule has 1 aliphatic rings. The molecule has 0 spiro atoms. The predicted octanol–water partition coefficient (Wildman–Crippen LogP) is 0.407. The molecule has 0 aromatic heterocycles. The van der Waals surface area contributed by atoms with Gasteiger partial charge in [0.2, 0.25) is 0 Å². The lowest BCUT2D eigenvalue weighted by Gasteiger charge is -2.38. The highest BCUT2D eigenvalue weighted by Gasteiger charge is 2.39. The molecule has 0 aliphatic carbocycles. The van der Waals surface area contributed by atoms with Gasteiger partial charge in [-0.15, -0.1) is 12.4 Å². The van der Waals surface area contributed by atoms with Gasteiger partial charge in [-0.25, -0.2) is 0 Å². The summed E-state index contributed by atoms with van der Waals surface area (Å²) in [7, 11) is -1.17. The highest BCUT2D eigenvalue weighted by molar-refractivity contribution is 6.60. The second-order valence-corrected chi connectivity index (χ2v) is 7.20. The average Bonchev–Trinajstić information content (AvgIpc) is 2.53. The van der Waals surface area contributed by atoms with Crippen LogP contribution >= 0.6 is 12.4 Å². The van der Waals surface area contributed by atoms with E-state index in [1.165, 1.54) is 0 Å². The van der Waals surface area contributed by atoms with Crippen LogP contribution in [0, 0.1) is 0 Å². The van der Waals surface area contributed by atoms with Gasteiger partial charge in [-0.1, -0.05) is 12.1 Å². The number of hydrogen-bond acceptors (Lipinski definition) is 5. The fraction of sp³-hybridized carbons (Fsp3) is 0.588. The first-order valence-electron chi connectivity index (χ1n) is 8.30. The van der Waals surface area contributed by atoms with Crippen LogP contribution in [0.5, 0.6) is 0 Å². The van der Waals surface area contributed by atoms with E-state index in [0.29, 0.717) is 24.1 Å². The summed E-state index contributed by atoms with van der Waals surface area (Å²) >= 11 is 0. The summed E-state index contributed by atoms with van der Waals surface area (Å²) in [6, 6.07) is 6.76. The topological polar surface area (TPSA) is 82.0 Å². The Morgan fingerprint density at radius 2 is 1.68 bits per heavy atom. The third-order valence-electron chi connectivity index (χ3n) is 4.73. The monoisotopic (exact) mass is 370 g/mol. The molecule has 140 valence electrons. The summed E-state index contributed by atoms with van der Waals surface area (Å²) in [6.45, 7) is 9.73. The molecule has 1 aromatic carbocycles. The number of amides is 1. The smallest absolute Gasteiger partial charge is 0.423 e. The van der Waals surface area contributed by atoms with Gasteiger partial charge in [0.15, 0.2) is 0 Å². The summed E-state index contributed by atoms with van der Waals surface area (Å²) in [5.41, 5.74) is -0.896. The van der Waals surface area contributed by atoms with Crippen molar-refractivity contribution in [3.8, 4) is 0 Å². The number of carbonyl (C=O) groups excluding carboxylic acids is 1. The fourth-order valence-corrected chi connectivity index (χ4v) is 2.33. The lowest BCUT2D eigenvalue weighted by molar-refractivity contribution is -0.0982. The van der Waals surface area contributed by atoms with Crippen molar-refractivity contribution >= 4 is 30.9 Å². The molecule has 0 saturated carbocycles. The first-order chi connectivity index (χ1) is 11.1. The molecule has 0 radical (unpaired) electrons. The molecule has 0 atom stereocenters. The number of nitrogens with zero attached hydrogens (tertiary/aromatic N) is 1. The van der Waals surface area contributed by atoms with Crippen LogP contribution in [0.3, 0.4) is 0 Å². The minimum Gasteiger partial charge on any atom is -0.423 e. The first-order valence-corrected chi connectivity index (χ1v) is 8.30. The number of nitrogens with one attached hydrogen (secondary N) is 1. The van der Waals surface area contributed by atoms with Gasteiger partial charge in [0.1, 0.15) is 0 Å². The fourth-order valence-electron chi connectivity index (χ4n) is 2.33. The molecule has 8 heteroatoms. The summed E-state index contributed by atoms with van der Waals surface area (Å²) in [4.78, 5) is 14.2. The Kier molecular flexibility index (Phi) is 7.47. The lowest BCUT2D eigenvalue weighted by Crippen LogP contribution is -2.53. The second kappa shape index (κ2) is 8.51. The maximum atomic E-state index is 12.4. The SMILES string of the molecule is CC(C)(O)C(C)(C)OB(O)c1ccc(C(=O)N2CCNCC2)cc1.Cl. The lowest BCUT2D eigenvalue weighted by atomic mass is 9.76. The quantitative estimate of drug-likeness (QED) is 0.654. The molecule has 1 amide bonds. The Morgan fingerprint density at radius 3 is 2.16 bits per heavy atom. The van der Waals surface area contributed by atoms with Crippen molar-refractivity contribution in [3.05, 3.63) is 29.8 Å². The Morgan fingerprint density at radius 1 is 1.16 bits per heavy atom. The van der Waals surface area contributed by atoms with Crippen molar-refractivity contribution < 1.29 is 19.6 Å². The number of halogens is 1. The van der Waals surface area contributed by atoms with Crippen LogP contribution in [-0.4, -0.2) is 65.4 Å². The molecule has 1 saturated heterocycles. The van der Waals surface area contributed by atoms with E-state index in [4.69, 9.17) is 4.65 Å². The minimum atomic E-state index is -1.17. The Hall–Kier alpha value is -1.12. The molecule has 1 aliphatic heterocycles. The molecule has 3 N–H and O–H groups in total. The van der Waals surface area contributed by atoms with E-state index in [1.54, 1.807) is 52.0 Å². The molecule has 6 nitrogen and oxygen atoms in total. The maximum absolute atomic E-state index is 12.4.